The maximum absolute atomic E-state index is 11.3. The van der Waals surface area contributed by atoms with Crippen LogP contribution in [0.3, 0.4) is 0 Å². The van der Waals surface area contributed by atoms with Crippen LogP contribution < -0.4 is 10.2 Å². The summed E-state index contributed by atoms with van der Waals surface area (Å²) >= 11 is 7.09. The third-order valence-corrected chi connectivity index (χ3v) is 10.5. The van der Waals surface area contributed by atoms with E-state index >= 15 is 0 Å². The van der Waals surface area contributed by atoms with Gasteiger partial charge in [0, 0.05) is 17.2 Å². The van der Waals surface area contributed by atoms with E-state index in [2.05, 4.69) is 0 Å². The molecule has 1 saturated heterocycles. The van der Waals surface area contributed by atoms with Crippen molar-refractivity contribution in [2.45, 2.75) is 77.6 Å². The number of hydrogen-bond acceptors (Lipinski definition) is 5. The van der Waals surface area contributed by atoms with Crippen LogP contribution >= 0.6 is 11.6 Å². The van der Waals surface area contributed by atoms with Gasteiger partial charge in [-0.05, 0) is 112 Å². The molecule has 42 heavy (non-hydrogen) atoms. The number of methoxy groups -OCH3 is 1. The molecule has 5 aliphatic rings. The second kappa shape index (κ2) is 11.1. The van der Waals surface area contributed by atoms with Crippen molar-refractivity contribution in [1.29, 1.82) is 0 Å². The molecule has 0 atom stereocenters. The molecule has 0 radical (unpaired) electrons. The highest BCUT2D eigenvalue weighted by Crippen LogP contribution is 2.58. The summed E-state index contributed by atoms with van der Waals surface area (Å²) < 4.78 is 24.8. The Bertz CT molecular complexity index is 1380. The second-order valence-corrected chi connectivity index (χ2v) is 13.8. The Morgan fingerprint density at radius 1 is 0.976 bits per heavy atom. The fourth-order valence-corrected chi connectivity index (χ4v) is 7.85. The Morgan fingerprint density at radius 3 is 2.12 bits per heavy atom. The smallest absolute Gasteiger partial charge is 0.494 e. The van der Waals surface area contributed by atoms with Crippen molar-refractivity contribution in [1.82, 2.24) is 0 Å². The minimum absolute atomic E-state index is 0.258. The molecule has 2 aromatic rings. The van der Waals surface area contributed by atoms with E-state index in [0.717, 1.165) is 40.3 Å². The summed E-state index contributed by atoms with van der Waals surface area (Å²) in [6.07, 6.45) is 8.94. The van der Waals surface area contributed by atoms with E-state index in [9.17, 15) is 9.90 Å². The van der Waals surface area contributed by atoms with Crippen LogP contribution in [-0.4, -0.2) is 36.5 Å². The average Bonchev–Trinajstić information content (AvgIpc) is 3.15. The minimum Gasteiger partial charge on any atom is -0.496 e. The molecule has 4 bridgehead atoms. The van der Waals surface area contributed by atoms with Crippen LogP contribution in [0.15, 0.2) is 48.0 Å². The molecule has 0 amide bonds. The normalized spacial score (nSPS) is 27.1. The van der Waals surface area contributed by atoms with Gasteiger partial charge in [0.15, 0.2) is 0 Å². The number of halogens is 1. The standard InChI is InChI=1S/C34H40BClO6/c1-33(2)34(3,4)42-35(41-33)26-10-6-20(7-11-26)19-40-31-23(9-13-28(37)38)8-12-27(30(31)36)32(39-5)29-24-15-21-14-22(17-24)18-25(29)16-21/h6-13,21-22,24-25H,14-19H2,1-5H3,(H,37,38). The van der Waals surface area contributed by atoms with Crippen LogP contribution in [-0.2, 0) is 25.4 Å². The zero-order chi connectivity index (χ0) is 29.8. The molecule has 1 aliphatic heterocycles. The predicted octanol–water partition coefficient (Wildman–Crippen LogP) is 7.13. The molecular weight excluding hydrogens is 551 g/mol. The Morgan fingerprint density at radius 2 is 1.57 bits per heavy atom. The van der Waals surface area contributed by atoms with E-state index in [1.54, 1.807) is 7.11 Å². The quantitative estimate of drug-likeness (QED) is 0.200. The maximum atomic E-state index is 11.3. The first-order chi connectivity index (χ1) is 20.0. The number of benzene rings is 2. The van der Waals surface area contributed by atoms with Crippen LogP contribution in [0.5, 0.6) is 5.75 Å². The summed E-state index contributed by atoms with van der Waals surface area (Å²) in [5, 5.41) is 9.72. The Balaban J connectivity index is 1.28. The number of rotatable bonds is 8. The molecule has 0 aromatic heterocycles. The summed E-state index contributed by atoms with van der Waals surface area (Å²) in [5.41, 5.74) is 3.88. The molecule has 1 N–H and O–H groups in total. The fraction of sp³-hybridized carbons (Fsp3) is 0.500. The molecule has 0 spiro atoms. The maximum Gasteiger partial charge on any atom is 0.494 e. The molecule has 8 heteroatoms. The van der Waals surface area contributed by atoms with Gasteiger partial charge in [0.05, 0.1) is 23.3 Å². The molecule has 1 heterocycles. The van der Waals surface area contributed by atoms with E-state index in [-0.39, 0.29) is 6.61 Å². The molecule has 222 valence electrons. The molecule has 4 saturated carbocycles. The summed E-state index contributed by atoms with van der Waals surface area (Å²) in [5.74, 6) is 3.04. The second-order valence-electron chi connectivity index (χ2n) is 13.4. The van der Waals surface area contributed by atoms with Crippen LogP contribution in [0.2, 0.25) is 5.02 Å². The van der Waals surface area contributed by atoms with Crippen molar-refractivity contribution in [3.05, 3.63) is 69.8 Å². The van der Waals surface area contributed by atoms with Crippen molar-refractivity contribution in [2.24, 2.45) is 23.7 Å². The van der Waals surface area contributed by atoms with Gasteiger partial charge in [-0.25, -0.2) is 4.79 Å². The van der Waals surface area contributed by atoms with Crippen molar-refractivity contribution in [3.63, 3.8) is 0 Å². The van der Waals surface area contributed by atoms with Crippen molar-refractivity contribution >= 4 is 42.0 Å². The van der Waals surface area contributed by atoms with Gasteiger partial charge in [0.1, 0.15) is 18.1 Å². The number of carbonyl (C=O) groups is 1. The predicted molar refractivity (Wildman–Crippen MR) is 166 cm³/mol. The van der Waals surface area contributed by atoms with E-state index in [1.807, 2.05) is 64.1 Å². The molecule has 2 aromatic carbocycles. The Labute approximate surface area is 254 Å². The lowest BCUT2D eigenvalue weighted by molar-refractivity contribution is -0.131. The van der Waals surface area contributed by atoms with Crippen LogP contribution in [0.1, 0.15) is 76.5 Å². The highest BCUT2D eigenvalue weighted by Gasteiger charge is 2.51. The SMILES string of the molecule is COC(=C1C2CC3CC(C2)CC1C3)c1ccc(C=CC(=O)O)c(OCc2ccc(B3OC(C)(C)C(C)(C)O3)cc2)c1Cl. The molecular formula is C34H40BClO6. The summed E-state index contributed by atoms with van der Waals surface area (Å²) in [6, 6.07) is 11.8. The van der Waals surface area contributed by atoms with Gasteiger partial charge < -0.3 is 23.9 Å². The molecule has 6 nitrogen and oxygen atoms in total. The van der Waals surface area contributed by atoms with Gasteiger partial charge >= 0.3 is 13.1 Å². The summed E-state index contributed by atoms with van der Waals surface area (Å²) in [6.45, 7) is 8.41. The first kappa shape index (κ1) is 29.3. The Hall–Kier alpha value is -2.74. The van der Waals surface area contributed by atoms with E-state index in [0.29, 0.717) is 28.2 Å². The number of carboxylic acid groups (broad SMARTS) is 1. The topological polar surface area (TPSA) is 74.2 Å². The molecule has 4 aliphatic carbocycles. The van der Waals surface area contributed by atoms with E-state index in [4.69, 9.17) is 30.4 Å². The Kier molecular flexibility index (Phi) is 7.74. The number of aliphatic carboxylic acids is 1. The lowest BCUT2D eigenvalue weighted by Crippen LogP contribution is -2.41. The fourth-order valence-electron chi connectivity index (χ4n) is 7.54. The largest absolute Gasteiger partial charge is 0.496 e. The molecule has 0 unspecified atom stereocenters. The van der Waals surface area contributed by atoms with Gasteiger partial charge in [-0.15, -0.1) is 0 Å². The van der Waals surface area contributed by atoms with Crippen molar-refractivity contribution in [3.8, 4) is 5.75 Å². The number of hydrogen-bond donors (Lipinski definition) is 1. The lowest BCUT2D eigenvalue weighted by Gasteiger charge is -2.51. The summed E-state index contributed by atoms with van der Waals surface area (Å²) in [4.78, 5) is 11.3. The third-order valence-electron chi connectivity index (χ3n) is 10.2. The van der Waals surface area contributed by atoms with Gasteiger partial charge in [0.25, 0.3) is 0 Å². The van der Waals surface area contributed by atoms with Gasteiger partial charge in [-0.3, -0.25) is 0 Å². The van der Waals surface area contributed by atoms with Gasteiger partial charge in [0.2, 0.25) is 0 Å². The average molecular weight is 591 g/mol. The van der Waals surface area contributed by atoms with Gasteiger partial charge in [-0.2, -0.15) is 0 Å². The highest BCUT2D eigenvalue weighted by molar-refractivity contribution is 6.62. The monoisotopic (exact) mass is 590 g/mol. The van der Waals surface area contributed by atoms with Crippen molar-refractivity contribution in [2.75, 3.05) is 7.11 Å². The summed E-state index contributed by atoms with van der Waals surface area (Å²) in [7, 11) is 1.29. The third kappa shape index (κ3) is 5.40. The number of ether oxygens (including phenoxy) is 2. The van der Waals surface area contributed by atoms with E-state index < -0.39 is 24.3 Å². The van der Waals surface area contributed by atoms with E-state index in [1.165, 1.54) is 43.8 Å². The first-order valence-corrected chi connectivity index (χ1v) is 15.4. The van der Waals surface area contributed by atoms with Crippen LogP contribution in [0.4, 0.5) is 0 Å². The minimum atomic E-state index is -1.03. The molecule has 7 rings (SSSR count). The highest BCUT2D eigenvalue weighted by atomic mass is 35.5. The number of allylic oxidation sites excluding steroid dienone is 1. The van der Waals surface area contributed by atoms with Crippen molar-refractivity contribution < 1.29 is 28.7 Å². The van der Waals surface area contributed by atoms with Gasteiger partial charge in [-0.1, -0.05) is 41.9 Å². The number of carboxylic acids is 1. The lowest BCUT2D eigenvalue weighted by atomic mass is 9.54. The molecule has 5 fully saturated rings. The first-order valence-electron chi connectivity index (χ1n) is 15.0. The van der Waals surface area contributed by atoms with Crippen LogP contribution in [0, 0.1) is 23.7 Å². The van der Waals surface area contributed by atoms with Crippen LogP contribution in [0.25, 0.3) is 11.8 Å². The zero-order valence-electron chi connectivity index (χ0n) is 25.1. The zero-order valence-corrected chi connectivity index (χ0v) is 25.9.